The number of carboxylic acids is 2. The minimum atomic E-state index is -0.952. The molecule has 19 heavy (non-hydrogen) atoms. The first kappa shape index (κ1) is 15.5. The van der Waals surface area contributed by atoms with E-state index in [9.17, 15) is 9.59 Å². The lowest BCUT2D eigenvalue weighted by atomic mass is 10.4. The molecule has 6 nitrogen and oxygen atoms in total. The molecule has 0 atom stereocenters. The molecule has 0 amide bonds. The molecule has 0 aliphatic rings. The zero-order valence-corrected chi connectivity index (χ0v) is 12.9. The molecule has 3 N–H and O–H groups in total. The van der Waals surface area contributed by atoms with Crippen molar-refractivity contribution in [3.63, 3.8) is 0 Å². The highest BCUT2D eigenvalue weighted by atomic mass is 79.9. The number of hydrogen-bond acceptors (Lipinski definition) is 2. The van der Waals surface area contributed by atoms with Crippen molar-refractivity contribution in [3.8, 4) is 0 Å². The monoisotopic (exact) mass is 392 g/mol. The summed E-state index contributed by atoms with van der Waals surface area (Å²) in [5.74, 6) is -1.87. The fraction of sp³-hybridized carbons (Fsp3) is 0.0909. The molecule has 0 unspecified atom stereocenters. The van der Waals surface area contributed by atoms with Gasteiger partial charge in [0, 0.05) is 23.9 Å². The van der Waals surface area contributed by atoms with E-state index in [2.05, 4.69) is 36.8 Å². The number of nitrogens with zero attached hydrogens (tertiary/aromatic N) is 1. The van der Waals surface area contributed by atoms with Crippen molar-refractivity contribution >= 4 is 43.8 Å². The minimum absolute atomic E-state index is 0.190. The molecule has 0 saturated heterocycles. The molecule has 0 aromatic carbocycles. The van der Waals surface area contributed by atoms with Crippen LogP contribution in [-0.4, -0.2) is 31.7 Å². The van der Waals surface area contributed by atoms with Gasteiger partial charge >= 0.3 is 11.9 Å². The van der Waals surface area contributed by atoms with Gasteiger partial charge in [-0.25, -0.2) is 9.59 Å². The van der Waals surface area contributed by atoms with Crippen molar-refractivity contribution in [1.82, 2.24) is 9.55 Å². The largest absolute Gasteiger partial charge is 0.477 e. The van der Waals surface area contributed by atoms with Crippen molar-refractivity contribution in [3.05, 3.63) is 44.9 Å². The maximum atomic E-state index is 10.5. The summed E-state index contributed by atoms with van der Waals surface area (Å²) >= 11 is 6.17. The van der Waals surface area contributed by atoms with Crippen LogP contribution < -0.4 is 0 Å². The van der Waals surface area contributed by atoms with Crippen LogP contribution in [0.2, 0.25) is 0 Å². The Labute approximate surface area is 125 Å². The van der Waals surface area contributed by atoms with Gasteiger partial charge in [-0.1, -0.05) is 0 Å². The molecule has 2 heterocycles. The van der Waals surface area contributed by atoms with Gasteiger partial charge in [-0.15, -0.1) is 0 Å². The number of aromatic amines is 1. The van der Waals surface area contributed by atoms with Crippen LogP contribution in [0.3, 0.4) is 0 Å². The van der Waals surface area contributed by atoms with E-state index in [0.29, 0.717) is 8.95 Å². The SMILES string of the molecule is Cn1ccc(Br)c1C(=O)O.O=C(O)c1[nH]ccc1Br. The average Bonchev–Trinajstić information content (AvgIpc) is 2.86. The lowest BCUT2D eigenvalue weighted by Gasteiger charge is -1.95. The summed E-state index contributed by atoms with van der Waals surface area (Å²) < 4.78 is 2.74. The predicted molar refractivity (Wildman–Crippen MR) is 75.5 cm³/mol. The third-order valence-electron chi connectivity index (χ3n) is 2.14. The van der Waals surface area contributed by atoms with Crippen LogP contribution in [0, 0.1) is 0 Å². The van der Waals surface area contributed by atoms with Gasteiger partial charge in [-0.05, 0) is 44.0 Å². The van der Waals surface area contributed by atoms with Gasteiger partial charge in [0.1, 0.15) is 11.4 Å². The normalized spacial score (nSPS) is 9.63. The van der Waals surface area contributed by atoms with Gasteiger partial charge in [0.25, 0.3) is 0 Å². The Morgan fingerprint density at radius 3 is 2.00 bits per heavy atom. The van der Waals surface area contributed by atoms with Crippen LogP contribution in [0.25, 0.3) is 0 Å². The molecule has 0 aliphatic heterocycles. The highest BCUT2D eigenvalue weighted by Gasteiger charge is 2.10. The smallest absolute Gasteiger partial charge is 0.353 e. The topological polar surface area (TPSA) is 95.3 Å². The van der Waals surface area contributed by atoms with E-state index < -0.39 is 11.9 Å². The van der Waals surface area contributed by atoms with Crippen LogP contribution in [0.5, 0.6) is 0 Å². The second-order valence-corrected chi connectivity index (χ2v) is 5.14. The van der Waals surface area contributed by atoms with Crippen LogP contribution >= 0.6 is 31.9 Å². The second kappa shape index (κ2) is 6.58. The third-order valence-corrected chi connectivity index (χ3v) is 3.44. The van der Waals surface area contributed by atoms with Crippen LogP contribution in [0.15, 0.2) is 33.5 Å². The number of nitrogens with one attached hydrogen (secondary N) is 1. The number of rotatable bonds is 2. The Bertz CT molecular complexity index is 584. The van der Waals surface area contributed by atoms with Gasteiger partial charge in [0.05, 0.1) is 4.47 Å². The van der Waals surface area contributed by atoms with E-state index in [1.54, 1.807) is 36.1 Å². The van der Waals surface area contributed by atoms with E-state index >= 15 is 0 Å². The highest BCUT2D eigenvalue weighted by Crippen LogP contribution is 2.16. The molecule has 2 rings (SSSR count). The summed E-state index contributed by atoms with van der Waals surface area (Å²) in [7, 11) is 1.69. The van der Waals surface area contributed by atoms with Crippen molar-refractivity contribution in [2.75, 3.05) is 0 Å². The number of halogens is 2. The van der Waals surface area contributed by atoms with Gasteiger partial charge in [0.15, 0.2) is 0 Å². The summed E-state index contributed by atoms with van der Waals surface area (Å²) in [5, 5.41) is 17.0. The molecule has 0 aliphatic carbocycles. The number of aromatic nitrogens is 2. The first-order valence-corrected chi connectivity index (χ1v) is 6.53. The average molecular weight is 394 g/mol. The number of carboxylic acid groups (broad SMARTS) is 2. The zero-order chi connectivity index (χ0) is 14.6. The zero-order valence-electron chi connectivity index (χ0n) is 9.72. The third kappa shape index (κ3) is 3.97. The van der Waals surface area contributed by atoms with Crippen molar-refractivity contribution in [2.45, 2.75) is 0 Å². The molecule has 0 bridgehead atoms. The Balaban J connectivity index is 0.000000191. The predicted octanol–water partition coefficient (Wildman–Crippen LogP) is 2.96. The minimum Gasteiger partial charge on any atom is -0.477 e. The molecule has 0 saturated carbocycles. The first-order chi connectivity index (χ1) is 8.84. The standard InChI is InChI=1S/C6H6BrNO2.C5H4BrNO2/c1-8-3-2-4(7)5(8)6(9)10;6-3-1-2-7-4(3)5(8)9/h2-3H,1H3,(H,9,10);1-2,7H,(H,8,9). The van der Waals surface area contributed by atoms with E-state index in [-0.39, 0.29) is 11.4 Å². The van der Waals surface area contributed by atoms with Gasteiger partial charge in [-0.3, -0.25) is 0 Å². The molecule has 2 aromatic rings. The fourth-order valence-electron chi connectivity index (χ4n) is 1.27. The van der Waals surface area contributed by atoms with E-state index in [1.165, 1.54) is 0 Å². The molecule has 8 heteroatoms. The Kier molecular flexibility index (Phi) is 5.37. The number of hydrogen-bond donors (Lipinski definition) is 3. The van der Waals surface area contributed by atoms with E-state index in [0.717, 1.165) is 0 Å². The molecule has 102 valence electrons. The summed E-state index contributed by atoms with van der Waals surface area (Å²) in [6.45, 7) is 0. The van der Waals surface area contributed by atoms with Gasteiger partial charge in [-0.2, -0.15) is 0 Å². The number of carbonyl (C=O) groups is 2. The van der Waals surface area contributed by atoms with Crippen LogP contribution in [0.1, 0.15) is 21.0 Å². The maximum Gasteiger partial charge on any atom is 0.353 e. The Morgan fingerprint density at radius 2 is 1.79 bits per heavy atom. The van der Waals surface area contributed by atoms with Crippen LogP contribution in [-0.2, 0) is 7.05 Å². The lowest BCUT2D eigenvalue weighted by Crippen LogP contribution is -2.03. The lowest BCUT2D eigenvalue weighted by molar-refractivity contribution is 0.0677. The maximum absolute atomic E-state index is 10.5. The number of aromatic carboxylic acids is 2. The highest BCUT2D eigenvalue weighted by molar-refractivity contribution is 9.10. The van der Waals surface area contributed by atoms with Gasteiger partial charge < -0.3 is 19.8 Å². The first-order valence-electron chi connectivity index (χ1n) is 4.95. The quantitative estimate of drug-likeness (QED) is 0.730. The van der Waals surface area contributed by atoms with Crippen molar-refractivity contribution in [2.24, 2.45) is 7.05 Å². The molecular weight excluding hydrogens is 384 g/mol. The van der Waals surface area contributed by atoms with Crippen molar-refractivity contribution in [1.29, 1.82) is 0 Å². The summed E-state index contributed by atoms with van der Waals surface area (Å²) in [4.78, 5) is 23.2. The van der Waals surface area contributed by atoms with Gasteiger partial charge in [0.2, 0.25) is 0 Å². The molecule has 0 radical (unpaired) electrons. The fourth-order valence-corrected chi connectivity index (χ4v) is 2.25. The van der Waals surface area contributed by atoms with E-state index in [1.807, 2.05) is 0 Å². The molecule has 2 aromatic heterocycles. The van der Waals surface area contributed by atoms with Crippen molar-refractivity contribution < 1.29 is 19.8 Å². The number of aryl methyl sites for hydroxylation is 1. The summed E-state index contributed by atoms with van der Waals surface area (Å²) in [5.41, 5.74) is 0.468. The second-order valence-electron chi connectivity index (χ2n) is 3.43. The van der Waals surface area contributed by atoms with E-state index in [4.69, 9.17) is 10.2 Å². The summed E-state index contributed by atoms with van der Waals surface area (Å²) in [6, 6.07) is 3.34. The molecular formula is C11H10Br2N2O4. The summed E-state index contributed by atoms with van der Waals surface area (Å²) in [6.07, 6.45) is 3.25. The Morgan fingerprint density at radius 1 is 1.16 bits per heavy atom. The van der Waals surface area contributed by atoms with Crippen LogP contribution in [0.4, 0.5) is 0 Å². The number of H-pyrrole nitrogens is 1. The molecule has 0 spiro atoms. The molecule has 0 fully saturated rings. The Hall–Kier alpha value is -1.54.